The summed E-state index contributed by atoms with van der Waals surface area (Å²) in [5, 5.41) is 0. The standard InChI is InChI=1S/C26H37ClO5/c1-4-28-16-17-29-18-19-30-20-21-32-25-12-8-23(9-13-25)26(2,3)22-6-10-24(11-7-22)31-15-5-14-27/h6-13H,4-5,14-21H2,1-3H3. The molecule has 5 nitrogen and oxygen atoms in total. The molecule has 0 saturated heterocycles. The molecule has 2 aromatic carbocycles. The predicted molar refractivity (Wildman–Crippen MR) is 129 cm³/mol. The van der Waals surface area contributed by atoms with E-state index in [1.165, 1.54) is 11.1 Å². The van der Waals surface area contributed by atoms with E-state index in [9.17, 15) is 0 Å². The first-order valence-electron chi connectivity index (χ1n) is 11.3. The maximum Gasteiger partial charge on any atom is 0.119 e. The van der Waals surface area contributed by atoms with Gasteiger partial charge >= 0.3 is 0 Å². The Kier molecular flexibility index (Phi) is 12.5. The van der Waals surface area contributed by atoms with Gasteiger partial charge < -0.3 is 23.7 Å². The Hall–Kier alpha value is -1.79. The minimum Gasteiger partial charge on any atom is -0.494 e. The molecule has 178 valence electrons. The van der Waals surface area contributed by atoms with Crippen LogP contribution in [0.25, 0.3) is 0 Å². The first-order valence-corrected chi connectivity index (χ1v) is 11.9. The van der Waals surface area contributed by atoms with Gasteiger partial charge in [-0.15, -0.1) is 11.6 Å². The van der Waals surface area contributed by atoms with Crippen molar-refractivity contribution in [3.63, 3.8) is 0 Å². The van der Waals surface area contributed by atoms with Gasteiger partial charge in [-0.3, -0.25) is 0 Å². The maximum atomic E-state index is 5.79. The fraction of sp³-hybridized carbons (Fsp3) is 0.538. The molecule has 0 N–H and O–H groups in total. The lowest BCUT2D eigenvalue weighted by atomic mass is 9.78. The molecule has 0 radical (unpaired) electrons. The lowest BCUT2D eigenvalue weighted by Gasteiger charge is -2.26. The highest BCUT2D eigenvalue weighted by Gasteiger charge is 2.23. The van der Waals surface area contributed by atoms with Gasteiger partial charge in [-0.1, -0.05) is 38.1 Å². The van der Waals surface area contributed by atoms with Crippen LogP contribution < -0.4 is 9.47 Å². The summed E-state index contributed by atoms with van der Waals surface area (Å²) >= 11 is 5.70. The number of ether oxygens (including phenoxy) is 5. The molecule has 0 bridgehead atoms. The first-order chi connectivity index (χ1) is 15.6. The second kappa shape index (κ2) is 15.1. The number of rotatable bonds is 17. The van der Waals surface area contributed by atoms with E-state index in [-0.39, 0.29) is 5.41 Å². The first kappa shape index (κ1) is 26.5. The maximum absolute atomic E-state index is 5.79. The molecule has 0 unspecified atom stereocenters. The molecular formula is C26H37ClO5. The molecule has 0 heterocycles. The molecule has 0 aliphatic carbocycles. The van der Waals surface area contributed by atoms with Gasteiger partial charge in [0.05, 0.1) is 39.6 Å². The highest BCUT2D eigenvalue weighted by atomic mass is 35.5. The van der Waals surface area contributed by atoms with Crippen molar-refractivity contribution in [2.45, 2.75) is 32.6 Å². The molecule has 0 saturated carbocycles. The van der Waals surface area contributed by atoms with Crippen LogP contribution in [0.5, 0.6) is 11.5 Å². The third kappa shape index (κ3) is 9.37. The van der Waals surface area contributed by atoms with Crippen LogP contribution in [-0.2, 0) is 19.6 Å². The van der Waals surface area contributed by atoms with E-state index in [0.29, 0.717) is 58.7 Å². The molecule has 2 aromatic rings. The fourth-order valence-electron chi connectivity index (χ4n) is 3.15. The summed E-state index contributed by atoms with van der Waals surface area (Å²) < 4.78 is 27.6. The van der Waals surface area contributed by atoms with E-state index < -0.39 is 0 Å². The second-order valence-electron chi connectivity index (χ2n) is 7.83. The number of hydrogen-bond donors (Lipinski definition) is 0. The highest BCUT2D eigenvalue weighted by molar-refractivity contribution is 6.17. The third-order valence-electron chi connectivity index (χ3n) is 5.14. The Balaban J connectivity index is 1.72. The van der Waals surface area contributed by atoms with Crippen molar-refractivity contribution in [3.8, 4) is 11.5 Å². The molecule has 6 heteroatoms. The number of hydrogen-bond acceptors (Lipinski definition) is 5. The van der Waals surface area contributed by atoms with Gasteiger partial charge in [0, 0.05) is 17.9 Å². The molecular weight excluding hydrogens is 428 g/mol. The Bertz CT molecular complexity index is 731. The van der Waals surface area contributed by atoms with E-state index in [4.69, 9.17) is 35.3 Å². The zero-order valence-electron chi connectivity index (χ0n) is 19.6. The van der Waals surface area contributed by atoms with E-state index in [1.807, 2.05) is 31.2 Å². The van der Waals surface area contributed by atoms with E-state index in [1.54, 1.807) is 0 Å². The normalized spacial score (nSPS) is 11.5. The molecule has 32 heavy (non-hydrogen) atoms. The van der Waals surface area contributed by atoms with Crippen molar-refractivity contribution < 1.29 is 23.7 Å². The SMILES string of the molecule is CCOCCOCCOCCOc1ccc(C(C)(C)c2ccc(OCCCCl)cc2)cc1. The van der Waals surface area contributed by atoms with Crippen LogP contribution in [0.3, 0.4) is 0 Å². The molecule has 0 aromatic heterocycles. The summed E-state index contributed by atoms with van der Waals surface area (Å²) in [5.74, 6) is 2.32. The summed E-state index contributed by atoms with van der Waals surface area (Å²) in [5.41, 5.74) is 2.33. The highest BCUT2D eigenvalue weighted by Crippen LogP contribution is 2.33. The average Bonchev–Trinajstić information content (AvgIpc) is 2.81. The monoisotopic (exact) mass is 464 g/mol. The smallest absolute Gasteiger partial charge is 0.119 e. The van der Waals surface area contributed by atoms with Crippen LogP contribution in [0.2, 0.25) is 0 Å². The topological polar surface area (TPSA) is 46.2 Å². The summed E-state index contributed by atoms with van der Waals surface area (Å²) in [6.45, 7) is 11.1. The van der Waals surface area contributed by atoms with Crippen molar-refractivity contribution >= 4 is 11.6 Å². The van der Waals surface area contributed by atoms with Crippen LogP contribution >= 0.6 is 11.6 Å². The summed E-state index contributed by atoms with van der Waals surface area (Å²) in [4.78, 5) is 0. The van der Waals surface area contributed by atoms with Crippen molar-refractivity contribution in [2.24, 2.45) is 0 Å². The third-order valence-corrected chi connectivity index (χ3v) is 5.41. The van der Waals surface area contributed by atoms with Gasteiger partial charge in [-0.25, -0.2) is 0 Å². The van der Waals surface area contributed by atoms with E-state index in [2.05, 4.69) is 38.1 Å². The van der Waals surface area contributed by atoms with Crippen LogP contribution in [0.4, 0.5) is 0 Å². The van der Waals surface area contributed by atoms with Crippen molar-refractivity contribution in [1.82, 2.24) is 0 Å². The number of benzene rings is 2. The van der Waals surface area contributed by atoms with Crippen LogP contribution in [0.1, 0.15) is 38.3 Å². The molecule has 0 amide bonds. The number of halogens is 1. The minimum atomic E-state index is -0.127. The Morgan fingerprint density at radius 2 is 1.06 bits per heavy atom. The van der Waals surface area contributed by atoms with Gasteiger partial charge in [-0.05, 0) is 48.7 Å². The molecule has 0 spiro atoms. The largest absolute Gasteiger partial charge is 0.494 e. The minimum absolute atomic E-state index is 0.127. The van der Waals surface area contributed by atoms with Gasteiger partial charge in [0.1, 0.15) is 18.1 Å². The summed E-state index contributed by atoms with van der Waals surface area (Å²) in [6, 6.07) is 16.5. The molecule has 0 atom stereocenters. The van der Waals surface area contributed by atoms with Crippen LogP contribution in [0, 0.1) is 0 Å². The fourth-order valence-corrected chi connectivity index (χ4v) is 3.26. The quantitative estimate of drug-likeness (QED) is 0.229. The Morgan fingerprint density at radius 1 is 0.625 bits per heavy atom. The Labute approximate surface area is 197 Å². The van der Waals surface area contributed by atoms with Crippen molar-refractivity contribution in [3.05, 3.63) is 59.7 Å². The van der Waals surface area contributed by atoms with E-state index >= 15 is 0 Å². The number of alkyl halides is 1. The lowest BCUT2D eigenvalue weighted by molar-refractivity contribution is 0.0114. The van der Waals surface area contributed by atoms with Crippen molar-refractivity contribution in [2.75, 3.05) is 58.7 Å². The van der Waals surface area contributed by atoms with Gasteiger partial charge in [0.25, 0.3) is 0 Å². The summed E-state index contributed by atoms with van der Waals surface area (Å²) in [7, 11) is 0. The average molecular weight is 465 g/mol. The zero-order valence-corrected chi connectivity index (χ0v) is 20.4. The van der Waals surface area contributed by atoms with Crippen molar-refractivity contribution in [1.29, 1.82) is 0 Å². The molecule has 0 fully saturated rings. The molecule has 2 rings (SSSR count). The van der Waals surface area contributed by atoms with Gasteiger partial charge in [-0.2, -0.15) is 0 Å². The molecule has 0 aliphatic rings. The van der Waals surface area contributed by atoms with Gasteiger partial charge in [0.2, 0.25) is 0 Å². The second-order valence-corrected chi connectivity index (χ2v) is 8.21. The summed E-state index contributed by atoms with van der Waals surface area (Å²) in [6.07, 6.45) is 0.846. The van der Waals surface area contributed by atoms with E-state index in [0.717, 1.165) is 17.9 Å². The van der Waals surface area contributed by atoms with Crippen LogP contribution in [0.15, 0.2) is 48.5 Å². The predicted octanol–water partition coefficient (Wildman–Crippen LogP) is 5.47. The molecule has 0 aliphatic heterocycles. The Morgan fingerprint density at radius 3 is 1.53 bits per heavy atom. The van der Waals surface area contributed by atoms with Crippen LogP contribution in [-0.4, -0.2) is 58.7 Å². The van der Waals surface area contributed by atoms with Gasteiger partial charge in [0.15, 0.2) is 0 Å². The lowest BCUT2D eigenvalue weighted by Crippen LogP contribution is -2.18. The zero-order chi connectivity index (χ0) is 23.1.